The van der Waals surface area contributed by atoms with Gasteiger partial charge in [0.2, 0.25) is 11.8 Å². The van der Waals surface area contributed by atoms with Crippen LogP contribution in [0.1, 0.15) is 32.3 Å². The summed E-state index contributed by atoms with van der Waals surface area (Å²) in [6, 6.07) is 7.38. The first-order chi connectivity index (χ1) is 11.3. The molecule has 2 rings (SSSR count). The van der Waals surface area contributed by atoms with E-state index in [9.17, 15) is 18.0 Å². The zero-order valence-electron chi connectivity index (χ0n) is 14.1. The average Bonchev–Trinajstić information content (AvgIpc) is 2.86. The molecule has 132 valence electrons. The SMILES string of the molecule is CCc1ccc(N(CCC(=O)NC2CCS(=O)(=O)C2)C(C)=O)cc1. The number of hydrogen-bond acceptors (Lipinski definition) is 4. The molecule has 0 aromatic heterocycles. The predicted octanol–water partition coefficient (Wildman–Crippen LogP) is 1.30. The topological polar surface area (TPSA) is 83.6 Å². The van der Waals surface area contributed by atoms with E-state index in [1.54, 1.807) is 4.90 Å². The lowest BCUT2D eigenvalue weighted by atomic mass is 10.1. The molecule has 6 nitrogen and oxygen atoms in total. The molecule has 1 aromatic rings. The van der Waals surface area contributed by atoms with E-state index < -0.39 is 9.84 Å². The Bertz CT molecular complexity index is 698. The van der Waals surface area contributed by atoms with E-state index in [0.29, 0.717) is 6.42 Å². The maximum Gasteiger partial charge on any atom is 0.223 e. The highest BCUT2D eigenvalue weighted by molar-refractivity contribution is 7.91. The van der Waals surface area contributed by atoms with Gasteiger partial charge in [0.05, 0.1) is 11.5 Å². The van der Waals surface area contributed by atoms with Gasteiger partial charge in [0.1, 0.15) is 0 Å². The molecule has 1 atom stereocenters. The normalized spacial score (nSPS) is 19.0. The lowest BCUT2D eigenvalue weighted by molar-refractivity contribution is -0.121. The summed E-state index contributed by atoms with van der Waals surface area (Å²) in [4.78, 5) is 25.4. The maximum absolute atomic E-state index is 12.0. The highest BCUT2D eigenvalue weighted by atomic mass is 32.2. The molecule has 1 fully saturated rings. The predicted molar refractivity (Wildman–Crippen MR) is 93.7 cm³/mol. The molecular weight excluding hydrogens is 328 g/mol. The van der Waals surface area contributed by atoms with Crippen LogP contribution in [0.3, 0.4) is 0 Å². The van der Waals surface area contributed by atoms with Crippen LogP contribution in [0.4, 0.5) is 5.69 Å². The van der Waals surface area contributed by atoms with Gasteiger partial charge < -0.3 is 10.2 Å². The van der Waals surface area contributed by atoms with Crippen LogP contribution < -0.4 is 10.2 Å². The summed E-state index contributed by atoms with van der Waals surface area (Å²) in [7, 11) is -3.01. The van der Waals surface area contributed by atoms with E-state index in [4.69, 9.17) is 0 Å². The van der Waals surface area contributed by atoms with Gasteiger partial charge in [-0.15, -0.1) is 0 Å². The third-order valence-electron chi connectivity index (χ3n) is 4.20. The molecule has 1 aliphatic rings. The van der Waals surface area contributed by atoms with Crippen LogP contribution >= 0.6 is 0 Å². The van der Waals surface area contributed by atoms with Gasteiger partial charge in [0.15, 0.2) is 9.84 Å². The number of benzene rings is 1. The zero-order chi connectivity index (χ0) is 17.7. The molecule has 7 heteroatoms. The Morgan fingerprint density at radius 2 is 1.92 bits per heavy atom. The summed E-state index contributed by atoms with van der Waals surface area (Å²) in [6.45, 7) is 3.80. The molecule has 24 heavy (non-hydrogen) atoms. The number of nitrogens with one attached hydrogen (secondary N) is 1. The maximum atomic E-state index is 12.0. The van der Waals surface area contributed by atoms with Gasteiger partial charge in [-0.3, -0.25) is 9.59 Å². The fourth-order valence-electron chi connectivity index (χ4n) is 2.80. The van der Waals surface area contributed by atoms with Crippen LogP contribution in [0, 0.1) is 0 Å². The van der Waals surface area contributed by atoms with Crippen molar-refractivity contribution in [3.8, 4) is 0 Å². The molecule has 0 saturated carbocycles. The molecule has 1 unspecified atom stereocenters. The Balaban J connectivity index is 1.91. The third kappa shape index (κ3) is 5.06. The van der Waals surface area contributed by atoms with Crippen LogP contribution in [0.25, 0.3) is 0 Å². The number of hydrogen-bond donors (Lipinski definition) is 1. The summed E-state index contributed by atoms with van der Waals surface area (Å²) in [6.07, 6.45) is 1.53. The van der Waals surface area contributed by atoms with Crippen LogP contribution in [0.15, 0.2) is 24.3 Å². The first kappa shape index (κ1) is 18.4. The second kappa shape index (κ2) is 7.79. The minimum Gasteiger partial charge on any atom is -0.352 e. The summed E-state index contributed by atoms with van der Waals surface area (Å²) < 4.78 is 22.8. The lowest BCUT2D eigenvalue weighted by Gasteiger charge is -2.21. The van der Waals surface area contributed by atoms with Gasteiger partial charge >= 0.3 is 0 Å². The van der Waals surface area contributed by atoms with Crippen molar-refractivity contribution in [2.24, 2.45) is 0 Å². The third-order valence-corrected chi connectivity index (χ3v) is 5.96. The quantitative estimate of drug-likeness (QED) is 0.836. The number of aryl methyl sites for hydroxylation is 1. The van der Waals surface area contributed by atoms with Gasteiger partial charge in [-0.25, -0.2) is 8.42 Å². The first-order valence-corrected chi connectivity index (χ1v) is 9.99. The largest absolute Gasteiger partial charge is 0.352 e. The summed E-state index contributed by atoms with van der Waals surface area (Å²) in [5.41, 5.74) is 1.94. The van der Waals surface area contributed by atoms with E-state index in [1.807, 2.05) is 24.3 Å². The Hall–Kier alpha value is -1.89. The Morgan fingerprint density at radius 1 is 1.25 bits per heavy atom. The fraction of sp³-hybridized carbons (Fsp3) is 0.529. The standard InChI is InChI=1S/C17H24N2O4S/c1-3-14-4-6-16(7-5-14)19(13(2)20)10-8-17(21)18-15-9-11-24(22,23)12-15/h4-7,15H,3,8-12H2,1-2H3,(H,18,21). The minimum absolute atomic E-state index is 0.00758. The van der Waals surface area contributed by atoms with E-state index in [0.717, 1.165) is 12.1 Å². The number of carbonyl (C=O) groups excluding carboxylic acids is 2. The van der Waals surface area contributed by atoms with Gasteiger partial charge in [0.25, 0.3) is 0 Å². The summed E-state index contributed by atoms with van der Waals surface area (Å²) in [5, 5.41) is 2.74. The molecule has 2 amide bonds. The molecule has 1 heterocycles. The van der Waals surface area contributed by atoms with Crippen molar-refractivity contribution in [3.63, 3.8) is 0 Å². The van der Waals surface area contributed by atoms with Crippen molar-refractivity contribution in [1.29, 1.82) is 0 Å². The van der Waals surface area contributed by atoms with Crippen molar-refractivity contribution in [2.45, 2.75) is 39.2 Å². The van der Waals surface area contributed by atoms with Gasteiger partial charge in [-0.05, 0) is 30.5 Å². The number of nitrogens with zero attached hydrogens (tertiary/aromatic N) is 1. The second-order valence-electron chi connectivity index (χ2n) is 6.11. The minimum atomic E-state index is -3.01. The van der Waals surface area contributed by atoms with E-state index in [2.05, 4.69) is 12.2 Å². The smallest absolute Gasteiger partial charge is 0.223 e. The van der Waals surface area contributed by atoms with Crippen molar-refractivity contribution >= 4 is 27.3 Å². The van der Waals surface area contributed by atoms with E-state index in [-0.39, 0.29) is 42.3 Å². The molecule has 0 aliphatic carbocycles. The van der Waals surface area contributed by atoms with Crippen molar-refractivity contribution in [3.05, 3.63) is 29.8 Å². The first-order valence-electron chi connectivity index (χ1n) is 8.17. The fourth-order valence-corrected chi connectivity index (χ4v) is 4.48. The van der Waals surface area contributed by atoms with Crippen molar-refractivity contribution in [1.82, 2.24) is 5.32 Å². The monoisotopic (exact) mass is 352 g/mol. The lowest BCUT2D eigenvalue weighted by Crippen LogP contribution is -2.38. The van der Waals surface area contributed by atoms with Gasteiger partial charge in [0, 0.05) is 31.6 Å². The molecule has 0 radical (unpaired) electrons. The van der Waals surface area contributed by atoms with Crippen LogP contribution in [-0.2, 0) is 25.8 Å². The van der Waals surface area contributed by atoms with Gasteiger partial charge in [-0.1, -0.05) is 19.1 Å². The molecular formula is C17H24N2O4S. The second-order valence-corrected chi connectivity index (χ2v) is 8.34. The molecule has 0 bridgehead atoms. The summed E-state index contributed by atoms with van der Waals surface area (Å²) in [5.74, 6) is -0.224. The van der Waals surface area contributed by atoms with Crippen LogP contribution in [0.2, 0.25) is 0 Å². The molecule has 0 spiro atoms. The molecule has 1 saturated heterocycles. The van der Waals surface area contributed by atoms with Crippen LogP contribution in [0.5, 0.6) is 0 Å². The van der Waals surface area contributed by atoms with Crippen LogP contribution in [-0.4, -0.2) is 44.3 Å². The van der Waals surface area contributed by atoms with Crippen molar-refractivity contribution < 1.29 is 18.0 Å². The van der Waals surface area contributed by atoms with E-state index in [1.165, 1.54) is 12.5 Å². The Morgan fingerprint density at radius 3 is 2.42 bits per heavy atom. The number of anilines is 1. The highest BCUT2D eigenvalue weighted by Crippen LogP contribution is 2.17. The van der Waals surface area contributed by atoms with Gasteiger partial charge in [-0.2, -0.15) is 0 Å². The number of amides is 2. The average molecular weight is 352 g/mol. The molecule has 1 aromatic carbocycles. The summed E-state index contributed by atoms with van der Waals surface area (Å²) >= 11 is 0. The number of carbonyl (C=O) groups is 2. The number of sulfone groups is 1. The zero-order valence-corrected chi connectivity index (χ0v) is 14.9. The molecule has 1 aliphatic heterocycles. The van der Waals surface area contributed by atoms with Crippen molar-refractivity contribution in [2.75, 3.05) is 23.0 Å². The molecule has 1 N–H and O–H groups in total. The Kier molecular flexibility index (Phi) is 5.99. The number of rotatable bonds is 6. The Labute approximate surface area is 143 Å². The highest BCUT2D eigenvalue weighted by Gasteiger charge is 2.28. The van der Waals surface area contributed by atoms with E-state index >= 15 is 0 Å².